The summed E-state index contributed by atoms with van der Waals surface area (Å²) in [5.41, 5.74) is 0.505. The van der Waals surface area contributed by atoms with Crippen LogP contribution in [0.15, 0.2) is 6.33 Å². The third-order valence-corrected chi connectivity index (χ3v) is 3.47. The zero-order valence-electron chi connectivity index (χ0n) is 10.8. The molecule has 4 atom stereocenters. The van der Waals surface area contributed by atoms with Gasteiger partial charge in [-0.15, -0.1) is 0 Å². The van der Waals surface area contributed by atoms with Crippen molar-refractivity contribution in [3.63, 3.8) is 0 Å². The van der Waals surface area contributed by atoms with Crippen LogP contribution in [0.2, 0.25) is 5.28 Å². The van der Waals surface area contributed by atoms with Crippen LogP contribution in [0.3, 0.4) is 0 Å². The SMILES string of the molecule is COc1nc(Cl)nc2c1ncn2[C@@H]1O[C@H](CO)[C@H](O)C1F. The Kier molecular flexibility index (Phi) is 3.66. The fourth-order valence-corrected chi connectivity index (χ4v) is 2.43. The smallest absolute Gasteiger partial charge is 0.246 e. The van der Waals surface area contributed by atoms with Crippen LogP contribution in [0.1, 0.15) is 6.23 Å². The highest BCUT2D eigenvalue weighted by Gasteiger charge is 2.45. The van der Waals surface area contributed by atoms with E-state index in [1.165, 1.54) is 18.0 Å². The predicted octanol–water partition coefficient (Wildman–Crippen LogP) is 0.0770. The van der Waals surface area contributed by atoms with Crippen LogP contribution in [0, 0.1) is 0 Å². The van der Waals surface area contributed by atoms with Gasteiger partial charge in [-0.1, -0.05) is 0 Å². The number of hydrogen-bond acceptors (Lipinski definition) is 7. The molecule has 0 radical (unpaired) electrons. The molecule has 2 aromatic heterocycles. The van der Waals surface area contributed by atoms with Crippen molar-refractivity contribution in [2.75, 3.05) is 13.7 Å². The molecule has 0 aliphatic carbocycles. The molecule has 2 aromatic rings. The Morgan fingerprint density at radius 1 is 1.52 bits per heavy atom. The van der Waals surface area contributed by atoms with Gasteiger partial charge in [0.1, 0.15) is 12.2 Å². The van der Waals surface area contributed by atoms with Gasteiger partial charge in [0.2, 0.25) is 11.2 Å². The Morgan fingerprint density at radius 3 is 2.90 bits per heavy atom. The number of aliphatic hydroxyl groups is 2. The van der Waals surface area contributed by atoms with Gasteiger partial charge in [-0.3, -0.25) is 4.57 Å². The lowest BCUT2D eigenvalue weighted by Crippen LogP contribution is -2.30. The number of rotatable bonds is 3. The summed E-state index contributed by atoms with van der Waals surface area (Å²) in [5.74, 6) is 0.149. The van der Waals surface area contributed by atoms with Crippen molar-refractivity contribution in [2.24, 2.45) is 0 Å². The molecule has 0 saturated carbocycles. The highest BCUT2D eigenvalue weighted by Crippen LogP contribution is 2.34. The largest absolute Gasteiger partial charge is 0.479 e. The fraction of sp³-hybridized carbons (Fsp3) is 0.545. The number of nitrogens with zero attached hydrogens (tertiary/aromatic N) is 4. The summed E-state index contributed by atoms with van der Waals surface area (Å²) in [5, 5.41) is 18.7. The molecule has 3 rings (SSSR count). The number of halogens is 2. The van der Waals surface area contributed by atoms with Gasteiger partial charge in [-0.25, -0.2) is 9.37 Å². The van der Waals surface area contributed by atoms with Crippen LogP contribution in [0.25, 0.3) is 11.2 Å². The quantitative estimate of drug-likeness (QED) is 0.772. The second-order valence-electron chi connectivity index (χ2n) is 4.51. The first-order valence-electron chi connectivity index (χ1n) is 6.09. The molecule has 114 valence electrons. The Morgan fingerprint density at radius 2 is 2.29 bits per heavy atom. The van der Waals surface area contributed by atoms with Crippen LogP contribution in [-0.2, 0) is 4.74 Å². The lowest BCUT2D eigenvalue weighted by Gasteiger charge is -2.15. The molecule has 21 heavy (non-hydrogen) atoms. The summed E-state index contributed by atoms with van der Waals surface area (Å²) < 4.78 is 25.8. The molecule has 1 unspecified atom stereocenters. The lowest BCUT2D eigenvalue weighted by atomic mass is 10.1. The molecule has 0 aromatic carbocycles. The minimum absolute atomic E-state index is 0.0891. The molecule has 2 N–H and O–H groups in total. The van der Waals surface area contributed by atoms with Crippen molar-refractivity contribution in [2.45, 2.75) is 24.6 Å². The number of fused-ring (bicyclic) bond motifs is 1. The van der Waals surface area contributed by atoms with Crippen molar-refractivity contribution >= 4 is 22.8 Å². The molecule has 1 aliphatic rings. The van der Waals surface area contributed by atoms with Crippen LogP contribution in [0.4, 0.5) is 4.39 Å². The third-order valence-electron chi connectivity index (χ3n) is 3.30. The number of imidazole rings is 1. The molecule has 1 aliphatic heterocycles. The Bertz CT molecular complexity index is 669. The summed E-state index contributed by atoms with van der Waals surface area (Å²) >= 11 is 5.79. The number of ether oxygens (including phenoxy) is 2. The average Bonchev–Trinajstić information content (AvgIpc) is 3.01. The summed E-state index contributed by atoms with van der Waals surface area (Å²) in [6.07, 6.45) is -4.06. The highest BCUT2D eigenvalue weighted by atomic mass is 35.5. The van der Waals surface area contributed by atoms with E-state index in [4.69, 9.17) is 26.2 Å². The number of alkyl halides is 1. The standard InChI is InChI=1S/C11H12ClFN4O4/c1-20-9-6-8(15-11(12)16-9)17(3-14-6)10-5(13)7(19)4(2-18)21-10/h3-5,7,10,18-19H,2H2,1H3/t4-,5?,7+,10-/m1/s1. The molecule has 0 bridgehead atoms. The van der Waals surface area contributed by atoms with Crippen molar-refractivity contribution in [1.82, 2.24) is 19.5 Å². The van der Waals surface area contributed by atoms with E-state index in [9.17, 15) is 9.50 Å². The van der Waals surface area contributed by atoms with Gasteiger partial charge in [-0.05, 0) is 11.6 Å². The van der Waals surface area contributed by atoms with Gasteiger partial charge in [0.15, 0.2) is 23.6 Å². The molecule has 1 saturated heterocycles. The number of aliphatic hydroxyl groups excluding tert-OH is 2. The van der Waals surface area contributed by atoms with Crippen molar-refractivity contribution in [1.29, 1.82) is 0 Å². The Balaban J connectivity index is 2.07. The minimum atomic E-state index is -1.74. The van der Waals surface area contributed by atoms with Crippen LogP contribution in [0.5, 0.6) is 5.88 Å². The maximum Gasteiger partial charge on any atom is 0.246 e. The second kappa shape index (κ2) is 5.34. The van der Waals surface area contributed by atoms with Crippen LogP contribution >= 0.6 is 11.6 Å². The van der Waals surface area contributed by atoms with E-state index in [2.05, 4.69) is 15.0 Å². The maximum atomic E-state index is 14.2. The molecule has 0 amide bonds. The summed E-state index contributed by atoms with van der Waals surface area (Å²) in [7, 11) is 1.40. The molecule has 8 nitrogen and oxygen atoms in total. The predicted molar refractivity (Wildman–Crippen MR) is 68.8 cm³/mol. The summed E-state index contributed by atoms with van der Waals surface area (Å²) in [4.78, 5) is 11.9. The second-order valence-corrected chi connectivity index (χ2v) is 4.85. The summed E-state index contributed by atoms with van der Waals surface area (Å²) in [6.45, 7) is -0.496. The van der Waals surface area contributed by atoms with Crippen LogP contribution < -0.4 is 4.74 Å². The zero-order chi connectivity index (χ0) is 15.1. The van der Waals surface area contributed by atoms with Crippen molar-refractivity contribution in [3.05, 3.63) is 11.6 Å². The monoisotopic (exact) mass is 318 g/mol. The molecule has 3 heterocycles. The Labute approximate surface area is 123 Å². The first-order valence-corrected chi connectivity index (χ1v) is 6.47. The average molecular weight is 319 g/mol. The van der Waals surface area contributed by atoms with E-state index < -0.39 is 31.2 Å². The first kappa shape index (κ1) is 14.4. The van der Waals surface area contributed by atoms with E-state index in [0.717, 1.165) is 0 Å². The fourth-order valence-electron chi connectivity index (χ4n) is 2.27. The molecular formula is C11H12ClFN4O4. The van der Waals surface area contributed by atoms with E-state index in [0.29, 0.717) is 5.52 Å². The first-order chi connectivity index (χ1) is 10.1. The molecule has 10 heteroatoms. The lowest BCUT2D eigenvalue weighted by molar-refractivity contribution is -0.0459. The molecule has 0 spiro atoms. The highest BCUT2D eigenvalue weighted by molar-refractivity contribution is 6.28. The van der Waals surface area contributed by atoms with E-state index in [1.54, 1.807) is 0 Å². The van der Waals surface area contributed by atoms with Crippen LogP contribution in [-0.4, -0.2) is 61.8 Å². The van der Waals surface area contributed by atoms with Crippen molar-refractivity contribution in [3.8, 4) is 5.88 Å². The van der Waals surface area contributed by atoms with Crippen molar-refractivity contribution < 1.29 is 24.1 Å². The van der Waals surface area contributed by atoms with Gasteiger partial charge in [0.25, 0.3) is 0 Å². The third kappa shape index (κ3) is 2.22. The van der Waals surface area contributed by atoms with Gasteiger partial charge >= 0.3 is 0 Å². The minimum Gasteiger partial charge on any atom is -0.479 e. The maximum absolute atomic E-state index is 14.2. The summed E-state index contributed by atoms with van der Waals surface area (Å²) in [6, 6.07) is 0. The van der Waals surface area contributed by atoms with Gasteiger partial charge in [0.05, 0.1) is 20.0 Å². The topological polar surface area (TPSA) is 103 Å². The molecule has 1 fully saturated rings. The van der Waals surface area contributed by atoms with Gasteiger partial charge in [-0.2, -0.15) is 9.97 Å². The molecular weight excluding hydrogens is 307 g/mol. The number of aromatic nitrogens is 4. The van der Waals surface area contributed by atoms with Gasteiger partial charge < -0.3 is 19.7 Å². The number of methoxy groups -OCH3 is 1. The van der Waals surface area contributed by atoms with E-state index in [-0.39, 0.29) is 16.8 Å². The van der Waals surface area contributed by atoms with E-state index >= 15 is 0 Å². The zero-order valence-corrected chi connectivity index (χ0v) is 11.6. The van der Waals surface area contributed by atoms with Gasteiger partial charge in [0, 0.05) is 0 Å². The van der Waals surface area contributed by atoms with E-state index in [1.807, 2.05) is 0 Å². The normalized spacial score (nSPS) is 29.2. The number of hydrogen-bond donors (Lipinski definition) is 2. The Hall–Kier alpha value is -1.55.